The van der Waals surface area contributed by atoms with Gasteiger partial charge in [0.05, 0.1) is 23.2 Å². The number of aliphatic hydroxyl groups excluding tert-OH is 1. The number of amides is 1. The lowest BCUT2D eigenvalue weighted by Gasteiger charge is -2.28. The van der Waals surface area contributed by atoms with Crippen molar-refractivity contribution in [2.45, 2.75) is 44.4 Å². The van der Waals surface area contributed by atoms with Crippen molar-refractivity contribution in [1.82, 2.24) is 19.3 Å². The summed E-state index contributed by atoms with van der Waals surface area (Å²) in [6.07, 6.45) is 10.1. The average molecular weight is 406 g/mol. The molecule has 3 heterocycles. The van der Waals surface area contributed by atoms with Gasteiger partial charge in [0, 0.05) is 36.7 Å². The Hall–Kier alpha value is -3.19. The molecule has 4 aromatic rings. The number of rotatable bonds is 4. The third kappa shape index (κ3) is 3.35. The maximum absolute atomic E-state index is 14.7. The monoisotopic (exact) mass is 406 g/mol. The standard InChI is InChI=1S/C23H23FN4O2/c24-17-4-3-6-19-22(17)16(23(30)26-18-5-1-2-7-20(18)29)14-28(19)13-15-8-9-21-25-10-11-27(21)12-15/h3-4,6,8-12,14,18,20,29H,1-2,5,7,13H2,(H,26,30)/t18-,20-/m0/s1. The summed E-state index contributed by atoms with van der Waals surface area (Å²) in [7, 11) is 0. The van der Waals surface area contributed by atoms with Gasteiger partial charge >= 0.3 is 0 Å². The van der Waals surface area contributed by atoms with Crippen molar-refractivity contribution in [1.29, 1.82) is 0 Å². The van der Waals surface area contributed by atoms with Gasteiger partial charge < -0.3 is 19.4 Å². The molecule has 154 valence electrons. The minimum absolute atomic E-state index is 0.292. The van der Waals surface area contributed by atoms with Gasteiger partial charge in [-0.3, -0.25) is 4.79 Å². The Labute approximate surface area is 173 Å². The molecule has 0 saturated heterocycles. The summed E-state index contributed by atoms with van der Waals surface area (Å²) in [4.78, 5) is 17.3. The van der Waals surface area contributed by atoms with Crippen LogP contribution in [0.4, 0.5) is 4.39 Å². The van der Waals surface area contributed by atoms with E-state index in [2.05, 4.69) is 10.3 Å². The largest absolute Gasteiger partial charge is 0.391 e. The van der Waals surface area contributed by atoms with Gasteiger partial charge in [-0.15, -0.1) is 0 Å². The van der Waals surface area contributed by atoms with Crippen LogP contribution in [0.2, 0.25) is 0 Å². The van der Waals surface area contributed by atoms with Crippen molar-refractivity contribution in [2.24, 2.45) is 0 Å². The molecule has 2 atom stereocenters. The number of aliphatic hydroxyl groups is 1. The molecule has 2 N–H and O–H groups in total. The molecule has 5 rings (SSSR count). The van der Waals surface area contributed by atoms with Crippen LogP contribution in [0, 0.1) is 5.82 Å². The highest BCUT2D eigenvalue weighted by Gasteiger charge is 2.27. The van der Waals surface area contributed by atoms with Crippen LogP contribution >= 0.6 is 0 Å². The third-order valence-corrected chi connectivity index (χ3v) is 5.95. The molecular formula is C23H23FN4O2. The lowest BCUT2D eigenvalue weighted by atomic mass is 9.92. The molecule has 1 fully saturated rings. The minimum Gasteiger partial charge on any atom is -0.391 e. The number of pyridine rings is 1. The number of halogens is 1. The zero-order chi connectivity index (χ0) is 20.7. The van der Waals surface area contributed by atoms with Crippen LogP contribution in [-0.4, -0.2) is 37.1 Å². The van der Waals surface area contributed by atoms with Gasteiger partial charge in [0.2, 0.25) is 0 Å². The summed E-state index contributed by atoms with van der Waals surface area (Å²) in [6, 6.07) is 8.46. The number of hydrogen-bond donors (Lipinski definition) is 2. The maximum Gasteiger partial charge on any atom is 0.253 e. The van der Waals surface area contributed by atoms with Crippen LogP contribution < -0.4 is 5.32 Å². The molecule has 1 aromatic carbocycles. The molecule has 0 aliphatic heterocycles. The molecule has 1 aliphatic carbocycles. The first kappa shape index (κ1) is 18.8. The van der Waals surface area contributed by atoms with Crippen LogP contribution in [0.3, 0.4) is 0 Å². The van der Waals surface area contributed by atoms with E-state index in [1.807, 2.05) is 39.6 Å². The number of nitrogens with zero attached hydrogens (tertiary/aromatic N) is 3. The number of hydrogen-bond acceptors (Lipinski definition) is 3. The quantitative estimate of drug-likeness (QED) is 0.545. The predicted octanol–water partition coefficient (Wildman–Crippen LogP) is 3.51. The molecule has 7 heteroatoms. The Morgan fingerprint density at radius 3 is 2.93 bits per heavy atom. The molecule has 6 nitrogen and oxygen atoms in total. The third-order valence-electron chi connectivity index (χ3n) is 5.95. The van der Waals surface area contributed by atoms with Gasteiger partial charge in [-0.05, 0) is 36.6 Å². The van der Waals surface area contributed by atoms with E-state index in [-0.39, 0.29) is 11.9 Å². The number of aromatic nitrogens is 3. The molecule has 1 amide bonds. The fourth-order valence-electron chi connectivity index (χ4n) is 4.39. The summed E-state index contributed by atoms with van der Waals surface area (Å²) < 4.78 is 18.5. The van der Waals surface area contributed by atoms with Crippen LogP contribution in [0.1, 0.15) is 41.6 Å². The number of benzene rings is 1. The van der Waals surface area contributed by atoms with Gasteiger partial charge in [0.15, 0.2) is 0 Å². The van der Waals surface area contributed by atoms with E-state index in [4.69, 9.17) is 0 Å². The van der Waals surface area contributed by atoms with Crippen molar-refractivity contribution < 1.29 is 14.3 Å². The summed E-state index contributed by atoms with van der Waals surface area (Å²) >= 11 is 0. The number of nitrogens with one attached hydrogen (secondary N) is 1. The smallest absolute Gasteiger partial charge is 0.253 e. The Morgan fingerprint density at radius 1 is 1.20 bits per heavy atom. The summed E-state index contributed by atoms with van der Waals surface area (Å²) in [5.74, 6) is -0.773. The molecule has 30 heavy (non-hydrogen) atoms. The Balaban J connectivity index is 1.50. The maximum atomic E-state index is 14.7. The highest BCUT2D eigenvalue weighted by Crippen LogP contribution is 2.26. The second-order valence-corrected chi connectivity index (χ2v) is 7.97. The Kier molecular flexibility index (Phi) is 4.75. The average Bonchev–Trinajstić information content (AvgIpc) is 3.35. The zero-order valence-electron chi connectivity index (χ0n) is 16.5. The summed E-state index contributed by atoms with van der Waals surface area (Å²) in [5.41, 5.74) is 2.82. The van der Waals surface area contributed by atoms with Crippen molar-refractivity contribution in [3.63, 3.8) is 0 Å². The second-order valence-electron chi connectivity index (χ2n) is 7.97. The van der Waals surface area contributed by atoms with Crippen LogP contribution in [0.25, 0.3) is 16.6 Å². The number of carbonyl (C=O) groups excluding carboxylic acids is 1. The fraction of sp³-hybridized carbons (Fsp3) is 0.304. The minimum atomic E-state index is -0.553. The molecule has 0 unspecified atom stereocenters. The van der Waals surface area contributed by atoms with Crippen LogP contribution in [-0.2, 0) is 6.54 Å². The highest BCUT2D eigenvalue weighted by molar-refractivity contribution is 6.07. The van der Waals surface area contributed by atoms with Crippen LogP contribution in [0.15, 0.2) is 55.1 Å². The van der Waals surface area contributed by atoms with E-state index in [0.717, 1.165) is 30.5 Å². The van der Waals surface area contributed by atoms with Gasteiger partial charge in [-0.1, -0.05) is 25.0 Å². The molecular weight excluding hydrogens is 383 g/mol. The van der Waals surface area contributed by atoms with Crippen LogP contribution in [0.5, 0.6) is 0 Å². The Morgan fingerprint density at radius 2 is 2.07 bits per heavy atom. The Bertz CT molecular complexity index is 1230. The first-order chi connectivity index (χ1) is 14.6. The number of carbonyl (C=O) groups is 1. The normalized spacial score (nSPS) is 19.4. The lowest BCUT2D eigenvalue weighted by molar-refractivity contribution is 0.0718. The van der Waals surface area contributed by atoms with E-state index >= 15 is 0 Å². The molecule has 0 bridgehead atoms. The van der Waals surface area contributed by atoms with Crippen molar-refractivity contribution >= 4 is 22.5 Å². The van der Waals surface area contributed by atoms with Crippen molar-refractivity contribution in [3.8, 4) is 0 Å². The first-order valence-corrected chi connectivity index (χ1v) is 10.3. The molecule has 3 aromatic heterocycles. The van der Waals surface area contributed by atoms with Gasteiger partial charge in [-0.25, -0.2) is 9.37 Å². The SMILES string of the molecule is O=C(N[C@H]1CCCC[C@@H]1O)c1cn(Cc2ccc3nccn3c2)c2cccc(F)c12. The molecule has 1 aliphatic rings. The molecule has 1 saturated carbocycles. The lowest BCUT2D eigenvalue weighted by Crippen LogP contribution is -2.45. The van der Waals surface area contributed by atoms with Crippen molar-refractivity contribution in [3.05, 3.63) is 72.1 Å². The predicted molar refractivity (Wildman–Crippen MR) is 112 cm³/mol. The number of fused-ring (bicyclic) bond motifs is 2. The first-order valence-electron chi connectivity index (χ1n) is 10.3. The zero-order valence-corrected chi connectivity index (χ0v) is 16.5. The van der Waals surface area contributed by atoms with E-state index in [9.17, 15) is 14.3 Å². The second kappa shape index (κ2) is 7.57. The molecule has 0 radical (unpaired) electrons. The molecule has 0 spiro atoms. The van der Waals surface area contributed by atoms with Crippen molar-refractivity contribution in [2.75, 3.05) is 0 Å². The number of imidazole rings is 1. The topological polar surface area (TPSA) is 71.6 Å². The van der Waals surface area contributed by atoms with Gasteiger partial charge in [0.25, 0.3) is 5.91 Å². The van der Waals surface area contributed by atoms with Gasteiger partial charge in [0.1, 0.15) is 11.5 Å². The summed E-state index contributed by atoms with van der Waals surface area (Å²) in [6.45, 7) is 0.493. The summed E-state index contributed by atoms with van der Waals surface area (Å²) in [5, 5.41) is 13.4. The fourth-order valence-corrected chi connectivity index (χ4v) is 4.39. The van der Waals surface area contributed by atoms with E-state index in [1.54, 1.807) is 18.5 Å². The highest BCUT2D eigenvalue weighted by atomic mass is 19.1. The van der Waals surface area contributed by atoms with Gasteiger partial charge in [-0.2, -0.15) is 0 Å². The van der Waals surface area contributed by atoms with E-state index < -0.39 is 11.9 Å². The van der Waals surface area contributed by atoms with E-state index in [0.29, 0.717) is 29.4 Å². The van der Waals surface area contributed by atoms with E-state index in [1.165, 1.54) is 6.07 Å².